The van der Waals surface area contributed by atoms with Crippen LogP contribution in [0.5, 0.6) is 0 Å². The van der Waals surface area contributed by atoms with Gasteiger partial charge in [0.2, 0.25) is 0 Å². The molecule has 1 spiro atoms. The minimum atomic E-state index is -0.287. The summed E-state index contributed by atoms with van der Waals surface area (Å²) in [5.74, 6) is 1.67. The Balaban J connectivity index is 1.56. The number of hydrogen-bond donors (Lipinski definition) is 0. The van der Waals surface area contributed by atoms with E-state index in [0.717, 1.165) is 44.9 Å². The van der Waals surface area contributed by atoms with E-state index < -0.39 is 0 Å². The van der Waals surface area contributed by atoms with Crippen molar-refractivity contribution in [3.63, 3.8) is 0 Å². The Morgan fingerprint density at radius 2 is 1.83 bits per heavy atom. The van der Waals surface area contributed by atoms with Crippen molar-refractivity contribution < 1.29 is 19.1 Å². The van der Waals surface area contributed by atoms with Crippen molar-refractivity contribution in [2.45, 2.75) is 89.4 Å². The van der Waals surface area contributed by atoms with Crippen molar-refractivity contribution in [2.24, 2.45) is 28.6 Å². The predicted molar refractivity (Wildman–Crippen MR) is 112 cm³/mol. The molecule has 0 amide bonds. The summed E-state index contributed by atoms with van der Waals surface area (Å²) in [6.45, 7) is 6.42. The number of thioether (sulfide) groups is 1. The Hall–Kier alpha value is -1.10. The highest BCUT2D eigenvalue weighted by molar-refractivity contribution is 8.14. The van der Waals surface area contributed by atoms with Crippen LogP contribution >= 0.6 is 11.8 Å². The zero-order valence-electron chi connectivity index (χ0n) is 17.8. The first-order chi connectivity index (χ1) is 13.7. The Kier molecular flexibility index (Phi) is 4.41. The van der Waals surface area contributed by atoms with E-state index in [9.17, 15) is 14.4 Å². The minimum Gasteiger partial charge on any atom is -0.458 e. The van der Waals surface area contributed by atoms with Crippen LogP contribution in [0.3, 0.4) is 0 Å². The van der Waals surface area contributed by atoms with E-state index >= 15 is 0 Å². The van der Waals surface area contributed by atoms with Gasteiger partial charge in [0.1, 0.15) is 5.60 Å². The zero-order chi connectivity index (χ0) is 20.6. The van der Waals surface area contributed by atoms with Gasteiger partial charge in [0.15, 0.2) is 10.9 Å². The van der Waals surface area contributed by atoms with Gasteiger partial charge in [-0.25, -0.2) is 0 Å². The smallest absolute Gasteiger partial charge is 0.306 e. The van der Waals surface area contributed by atoms with Crippen molar-refractivity contribution in [3.05, 3.63) is 11.6 Å². The van der Waals surface area contributed by atoms with Gasteiger partial charge in [0.25, 0.3) is 0 Å². The minimum absolute atomic E-state index is 0.0119. The second kappa shape index (κ2) is 6.45. The van der Waals surface area contributed by atoms with Gasteiger partial charge in [-0.15, -0.1) is 0 Å². The molecule has 5 rings (SSSR count). The van der Waals surface area contributed by atoms with E-state index in [-0.39, 0.29) is 38.5 Å². The fourth-order valence-electron chi connectivity index (χ4n) is 8.13. The summed E-state index contributed by atoms with van der Waals surface area (Å²) in [6, 6.07) is 0. The van der Waals surface area contributed by atoms with Crippen molar-refractivity contribution in [1.29, 1.82) is 0 Å². The summed E-state index contributed by atoms with van der Waals surface area (Å²) >= 11 is 1.50. The zero-order valence-corrected chi connectivity index (χ0v) is 18.6. The number of ether oxygens (including phenoxy) is 1. The topological polar surface area (TPSA) is 60.4 Å². The molecular formula is C24H32O4S. The number of carbonyl (C=O) groups excluding carboxylic acids is 3. The lowest BCUT2D eigenvalue weighted by molar-refractivity contribution is -0.167. The van der Waals surface area contributed by atoms with Gasteiger partial charge < -0.3 is 4.74 Å². The fourth-order valence-corrected chi connectivity index (χ4v) is 9.36. The number of carbonyl (C=O) groups is 3. The Morgan fingerprint density at radius 1 is 1.07 bits per heavy atom. The molecule has 0 aromatic heterocycles. The summed E-state index contributed by atoms with van der Waals surface area (Å²) in [5.41, 5.74) is 1.09. The van der Waals surface area contributed by atoms with Crippen LogP contribution in [-0.2, 0) is 19.1 Å². The Labute approximate surface area is 177 Å². The summed E-state index contributed by atoms with van der Waals surface area (Å²) < 4.78 is 6.06. The molecule has 1 aliphatic heterocycles. The molecular weight excluding hydrogens is 384 g/mol. The second-order valence-electron chi connectivity index (χ2n) is 10.7. The van der Waals surface area contributed by atoms with Gasteiger partial charge in [-0.3, -0.25) is 14.4 Å². The molecule has 4 aliphatic carbocycles. The van der Waals surface area contributed by atoms with Gasteiger partial charge >= 0.3 is 5.97 Å². The number of fused-ring (bicyclic) bond motifs is 6. The second-order valence-corrected chi connectivity index (χ2v) is 12.1. The summed E-state index contributed by atoms with van der Waals surface area (Å²) in [6.07, 6.45) is 10.0. The standard InChI is InChI=1S/C24H32O4S/c1-14(25)29-19-13-15-12-16(26)4-8-22(15,2)17-5-9-23(3)18(21(17)19)6-10-24(23)11-7-20(27)28-24/h12,17-19,21H,4-11,13H2,1-3H3/t17-,18-,19+,21+,22-,23-,24-/m0/s1. The lowest BCUT2D eigenvalue weighted by Gasteiger charge is -2.61. The van der Waals surface area contributed by atoms with Crippen LogP contribution in [0.2, 0.25) is 0 Å². The van der Waals surface area contributed by atoms with Crippen molar-refractivity contribution in [1.82, 2.24) is 0 Å². The third kappa shape index (κ3) is 2.68. The number of hydrogen-bond acceptors (Lipinski definition) is 5. The van der Waals surface area contributed by atoms with Gasteiger partial charge in [0, 0.05) is 30.4 Å². The molecule has 4 fully saturated rings. The molecule has 0 N–H and O–H groups in total. The number of ketones is 1. The van der Waals surface area contributed by atoms with E-state index in [0.29, 0.717) is 30.6 Å². The first-order valence-corrected chi connectivity index (χ1v) is 12.2. The van der Waals surface area contributed by atoms with Gasteiger partial charge in [-0.1, -0.05) is 31.2 Å². The first kappa shape index (κ1) is 19.8. The van der Waals surface area contributed by atoms with Gasteiger partial charge in [-0.05, 0) is 74.2 Å². The van der Waals surface area contributed by atoms with Crippen LogP contribution in [0.15, 0.2) is 11.6 Å². The van der Waals surface area contributed by atoms with Crippen molar-refractivity contribution in [3.8, 4) is 0 Å². The largest absolute Gasteiger partial charge is 0.458 e. The number of rotatable bonds is 1. The molecule has 0 aromatic carbocycles. The van der Waals surface area contributed by atoms with Crippen LogP contribution in [-0.4, -0.2) is 27.7 Å². The van der Waals surface area contributed by atoms with Crippen molar-refractivity contribution in [2.75, 3.05) is 0 Å². The molecule has 158 valence electrons. The van der Waals surface area contributed by atoms with Crippen LogP contribution in [0, 0.1) is 28.6 Å². The third-order valence-corrected chi connectivity index (χ3v) is 10.7. The highest BCUT2D eigenvalue weighted by Crippen LogP contribution is 2.70. The van der Waals surface area contributed by atoms with Gasteiger partial charge in [-0.2, -0.15) is 0 Å². The highest BCUT2D eigenvalue weighted by atomic mass is 32.2. The lowest BCUT2D eigenvalue weighted by Crippen LogP contribution is -2.57. The number of allylic oxidation sites excluding steroid dienone is 1. The quantitative estimate of drug-likeness (QED) is 0.572. The maximum absolute atomic E-state index is 12.2. The molecule has 0 bridgehead atoms. The number of esters is 1. The monoisotopic (exact) mass is 416 g/mol. The average Bonchev–Trinajstić information content (AvgIpc) is 3.17. The van der Waals surface area contributed by atoms with E-state index in [2.05, 4.69) is 13.8 Å². The van der Waals surface area contributed by atoms with Crippen LogP contribution < -0.4 is 0 Å². The van der Waals surface area contributed by atoms with E-state index in [1.54, 1.807) is 6.92 Å². The first-order valence-electron chi connectivity index (χ1n) is 11.3. The summed E-state index contributed by atoms with van der Waals surface area (Å²) in [5, 5.41) is 0.409. The van der Waals surface area contributed by atoms with Crippen molar-refractivity contribution >= 4 is 28.6 Å². The summed E-state index contributed by atoms with van der Waals surface area (Å²) in [7, 11) is 0. The molecule has 5 aliphatic rings. The average molecular weight is 417 g/mol. The Bertz CT molecular complexity index is 818. The molecule has 7 atom stereocenters. The molecule has 0 radical (unpaired) electrons. The molecule has 4 nitrogen and oxygen atoms in total. The summed E-state index contributed by atoms with van der Waals surface area (Å²) in [4.78, 5) is 36.4. The maximum atomic E-state index is 12.2. The molecule has 0 aromatic rings. The predicted octanol–water partition coefficient (Wildman–Crippen LogP) is 4.85. The van der Waals surface area contributed by atoms with Crippen LogP contribution in [0.4, 0.5) is 0 Å². The van der Waals surface area contributed by atoms with Crippen LogP contribution in [0.25, 0.3) is 0 Å². The molecule has 5 heteroatoms. The van der Waals surface area contributed by atoms with Crippen LogP contribution in [0.1, 0.15) is 78.6 Å². The van der Waals surface area contributed by atoms with E-state index in [4.69, 9.17) is 4.74 Å². The lowest BCUT2D eigenvalue weighted by atomic mass is 9.46. The van der Waals surface area contributed by atoms with E-state index in [1.165, 1.54) is 17.3 Å². The third-order valence-electron chi connectivity index (χ3n) is 9.61. The maximum Gasteiger partial charge on any atom is 0.306 e. The SMILES string of the molecule is CC(=O)S[C@@H]1CC2=CC(=O)CC[C@]2(C)[C@H]2CC[C@@]3(C)[C@@H](CC[C@]34CCC(=O)O4)[C@H]12. The highest BCUT2D eigenvalue weighted by Gasteiger charge is 2.68. The molecule has 1 saturated heterocycles. The molecule has 3 saturated carbocycles. The fraction of sp³-hybridized carbons (Fsp3) is 0.792. The molecule has 29 heavy (non-hydrogen) atoms. The van der Waals surface area contributed by atoms with Gasteiger partial charge in [0.05, 0.1) is 0 Å². The molecule has 0 unspecified atom stereocenters. The Morgan fingerprint density at radius 3 is 2.52 bits per heavy atom. The molecule has 1 heterocycles. The normalized spacial score (nSPS) is 48.6. The van der Waals surface area contributed by atoms with E-state index in [1.807, 2.05) is 6.08 Å².